The quantitative estimate of drug-likeness (QED) is 0.316. The molecule has 0 radical (unpaired) electrons. The van der Waals surface area contributed by atoms with Crippen LogP contribution in [-0.2, 0) is 22.6 Å². The lowest BCUT2D eigenvalue weighted by Crippen LogP contribution is -2.39. The number of benzene rings is 2. The lowest BCUT2D eigenvalue weighted by atomic mass is 10.2. The van der Waals surface area contributed by atoms with Crippen molar-refractivity contribution in [2.24, 2.45) is 5.73 Å². The SMILES string of the molecule is COCCn1c(N)c(N(CCC(=O)Nc2ccc(C(N)=O)cc2)Cc2ccccc2)c(=O)[nH]c1=O. The van der Waals surface area contributed by atoms with Crippen molar-refractivity contribution in [3.05, 3.63) is 86.6 Å². The minimum absolute atomic E-state index is 0.00539. The molecule has 184 valence electrons. The minimum Gasteiger partial charge on any atom is -0.383 e. The Labute approximate surface area is 201 Å². The van der Waals surface area contributed by atoms with Crippen LogP contribution in [-0.4, -0.2) is 41.6 Å². The predicted molar refractivity (Wildman–Crippen MR) is 133 cm³/mol. The lowest BCUT2D eigenvalue weighted by molar-refractivity contribution is -0.116. The summed E-state index contributed by atoms with van der Waals surface area (Å²) >= 11 is 0. The van der Waals surface area contributed by atoms with Gasteiger partial charge in [0.2, 0.25) is 11.8 Å². The van der Waals surface area contributed by atoms with Crippen molar-refractivity contribution in [3.63, 3.8) is 0 Å². The average molecular weight is 481 g/mol. The van der Waals surface area contributed by atoms with Crippen LogP contribution in [0, 0.1) is 0 Å². The van der Waals surface area contributed by atoms with Gasteiger partial charge < -0.3 is 26.4 Å². The highest BCUT2D eigenvalue weighted by Crippen LogP contribution is 2.20. The predicted octanol–water partition coefficient (Wildman–Crippen LogP) is 0.900. The van der Waals surface area contributed by atoms with Crippen LogP contribution in [0.15, 0.2) is 64.2 Å². The number of anilines is 3. The van der Waals surface area contributed by atoms with Gasteiger partial charge in [0.15, 0.2) is 0 Å². The third-order valence-corrected chi connectivity index (χ3v) is 5.33. The first-order chi connectivity index (χ1) is 16.8. The summed E-state index contributed by atoms with van der Waals surface area (Å²) in [5, 5.41) is 2.75. The van der Waals surface area contributed by atoms with Gasteiger partial charge in [-0.2, -0.15) is 0 Å². The fourth-order valence-corrected chi connectivity index (χ4v) is 3.54. The van der Waals surface area contributed by atoms with Gasteiger partial charge >= 0.3 is 5.69 Å². The van der Waals surface area contributed by atoms with Gasteiger partial charge in [-0.05, 0) is 29.8 Å². The number of primary amides is 1. The Morgan fingerprint density at radius 1 is 1.09 bits per heavy atom. The van der Waals surface area contributed by atoms with Gasteiger partial charge in [-0.1, -0.05) is 30.3 Å². The van der Waals surface area contributed by atoms with Crippen molar-refractivity contribution in [1.29, 1.82) is 0 Å². The molecular weight excluding hydrogens is 452 g/mol. The van der Waals surface area contributed by atoms with Crippen LogP contribution < -0.4 is 32.9 Å². The molecule has 0 aliphatic rings. The number of hydrogen-bond acceptors (Lipinski definition) is 7. The second-order valence-electron chi connectivity index (χ2n) is 7.78. The van der Waals surface area contributed by atoms with Gasteiger partial charge in [0.1, 0.15) is 11.5 Å². The number of nitrogen functional groups attached to an aromatic ring is 1. The number of ether oxygens (including phenoxy) is 1. The summed E-state index contributed by atoms with van der Waals surface area (Å²) in [6, 6.07) is 15.6. The summed E-state index contributed by atoms with van der Waals surface area (Å²) in [4.78, 5) is 52.9. The van der Waals surface area contributed by atoms with E-state index in [1.165, 1.54) is 23.8 Å². The van der Waals surface area contributed by atoms with E-state index in [0.29, 0.717) is 11.3 Å². The Hall–Kier alpha value is -4.38. The number of aromatic nitrogens is 2. The molecule has 0 spiro atoms. The van der Waals surface area contributed by atoms with E-state index in [-0.39, 0.29) is 50.1 Å². The topological polar surface area (TPSA) is 166 Å². The Morgan fingerprint density at radius 3 is 2.40 bits per heavy atom. The molecule has 0 saturated carbocycles. The molecule has 3 rings (SSSR count). The molecule has 11 heteroatoms. The second-order valence-corrected chi connectivity index (χ2v) is 7.78. The molecule has 0 aliphatic carbocycles. The van der Waals surface area contributed by atoms with E-state index >= 15 is 0 Å². The number of carbonyl (C=O) groups is 2. The van der Waals surface area contributed by atoms with Crippen LogP contribution in [0.2, 0.25) is 0 Å². The monoisotopic (exact) mass is 480 g/mol. The zero-order valence-electron chi connectivity index (χ0n) is 19.3. The van der Waals surface area contributed by atoms with Gasteiger partial charge in [0.05, 0.1) is 13.2 Å². The highest BCUT2D eigenvalue weighted by atomic mass is 16.5. The smallest absolute Gasteiger partial charge is 0.330 e. The Kier molecular flexibility index (Phi) is 8.41. The molecule has 0 atom stereocenters. The minimum atomic E-state index is -0.639. The zero-order valence-corrected chi connectivity index (χ0v) is 19.3. The van der Waals surface area contributed by atoms with E-state index < -0.39 is 17.2 Å². The molecule has 2 aromatic carbocycles. The summed E-state index contributed by atoms with van der Waals surface area (Å²) in [5.74, 6) is -0.874. The maximum atomic E-state index is 12.8. The third-order valence-electron chi connectivity index (χ3n) is 5.33. The van der Waals surface area contributed by atoms with Crippen molar-refractivity contribution in [3.8, 4) is 0 Å². The standard InChI is InChI=1S/C24H28N6O5/c1-35-14-13-30-21(25)20(23(33)28-24(30)34)29(15-16-5-3-2-4-6-16)12-11-19(31)27-18-9-7-17(8-10-18)22(26)32/h2-10H,11-15,25H2,1H3,(H2,26,32)(H,27,31)(H,28,33,34). The number of methoxy groups -OCH3 is 1. The lowest BCUT2D eigenvalue weighted by Gasteiger charge is -2.26. The summed E-state index contributed by atoms with van der Waals surface area (Å²) in [7, 11) is 1.50. The number of nitrogens with one attached hydrogen (secondary N) is 2. The first-order valence-electron chi connectivity index (χ1n) is 10.9. The van der Waals surface area contributed by atoms with Gasteiger partial charge in [0.25, 0.3) is 5.56 Å². The van der Waals surface area contributed by atoms with Gasteiger partial charge in [0, 0.05) is 37.9 Å². The van der Waals surface area contributed by atoms with E-state index in [9.17, 15) is 19.2 Å². The summed E-state index contributed by atoms with van der Waals surface area (Å²) in [6.07, 6.45) is 0.0283. The molecule has 0 saturated heterocycles. The van der Waals surface area contributed by atoms with Gasteiger partial charge in [-0.3, -0.25) is 23.9 Å². The molecule has 2 amide bonds. The normalized spacial score (nSPS) is 10.7. The molecule has 1 aromatic heterocycles. The van der Waals surface area contributed by atoms with Crippen molar-refractivity contribution in [2.45, 2.75) is 19.5 Å². The van der Waals surface area contributed by atoms with E-state index in [0.717, 1.165) is 5.56 Å². The molecule has 0 bridgehead atoms. The van der Waals surface area contributed by atoms with Crippen LogP contribution in [0.25, 0.3) is 0 Å². The average Bonchev–Trinajstić information content (AvgIpc) is 2.83. The Balaban J connectivity index is 1.84. The van der Waals surface area contributed by atoms with Crippen LogP contribution in [0.3, 0.4) is 0 Å². The number of amides is 2. The number of carbonyl (C=O) groups excluding carboxylic acids is 2. The highest BCUT2D eigenvalue weighted by Gasteiger charge is 2.20. The molecule has 6 N–H and O–H groups in total. The number of nitrogens with zero attached hydrogens (tertiary/aromatic N) is 2. The van der Waals surface area contributed by atoms with Crippen molar-refractivity contribution >= 4 is 29.0 Å². The number of rotatable bonds is 11. The van der Waals surface area contributed by atoms with Crippen molar-refractivity contribution < 1.29 is 14.3 Å². The molecule has 0 fully saturated rings. The molecular formula is C24H28N6O5. The first-order valence-corrected chi connectivity index (χ1v) is 10.9. The Bertz CT molecular complexity index is 1280. The molecule has 1 heterocycles. The maximum absolute atomic E-state index is 12.8. The van der Waals surface area contributed by atoms with E-state index in [1.54, 1.807) is 17.0 Å². The van der Waals surface area contributed by atoms with Crippen LogP contribution in [0.1, 0.15) is 22.3 Å². The zero-order chi connectivity index (χ0) is 25.4. The maximum Gasteiger partial charge on any atom is 0.330 e. The van der Waals surface area contributed by atoms with Gasteiger partial charge in [-0.15, -0.1) is 0 Å². The third kappa shape index (κ3) is 6.58. The van der Waals surface area contributed by atoms with Crippen LogP contribution >= 0.6 is 0 Å². The number of nitrogens with two attached hydrogens (primary N) is 2. The first kappa shape index (κ1) is 25.2. The fraction of sp³-hybridized carbons (Fsp3) is 0.250. The van der Waals surface area contributed by atoms with E-state index in [4.69, 9.17) is 16.2 Å². The highest BCUT2D eigenvalue weighted by molar-refractivity contribution is 5.94. The van der Waals surface area contributed by atoms with Crippen LogP contribution in [0.4, 0.5) is 17.2 Å². The van der Waals surface area contributed by atoms with E-state index in [2.05, 4.69) is 10.3 Å². The summed E-state index contributed by atoms with van der Waals surface area (Å²) < 4.78 is 6.27. The number of H-pyrrole nitrogens is 1. The molecule has 35 heavy (non-hydrogen) atoms. The Morgan fingerprint density at radius 2 is 1.77 bits per heavy atom. The van der Waals surface area contributed by atoms with Crippen molar-refractivity contribution in [1.82, 2.24) is 9.55 Å². The summed E-state index contributed by atoms with van der Waals surface area (Å²) in [6.45, 7) is 0.824. The number of hydrogen-bond donors (Lipinski definition) is 4. The van der Waals surface area contributed by atoms with Crippen molar-refractivity contribution in [2.75, 3.05) is 36.2 Å². The molecule has 11 nitrogen and oxygen atoms in total. The van der Waals surface area contributed by atoms with E-state index in [1.807, 2.05) is 30.3 Å². The molecule has 0 unspecified atom stereocenters. The largest absolute Gasteiger partial charge is 0.383 e. The fourth-order valence-electron chi connectivity index (χ4n) is 3.54. The van der Waals surface area contributed by atoms with Crippen LogP contribution in [0.5, 0.6) is 0 Å². The molecule has 3 aromatic rings. The van der Waals surface area contributed by atoms with Gasteiger partial charge in [-0.25, -0.2) is 4.79 Å². The number of aromatic amines is 1. The molecule has 0 aliphatic heterocycles. The summed E-state index contributed by atoms with van der Waals surface area (Å²) in [5.41, 5.74) is 12.0. The second kappa shape index (κ2) is 11.7.